The van der Waals surface area contributed by atoms with Crippen molar-refractivity contribution in [3.63, 3.8) is 0 Å². The van der Waals surface area contributed by atoms with Crippen molar-refractivity contribution in [2.75, 3.05) is 0 Å². The summed E-state index contributed by atoms with van der Waals surface area (Å²) < 4.78 is 0. The van der Waals surface area contributed by atoms with Crippen LogP contribution in [0.4, 0.5) is 0 Å². The fraction of sp³-hybridized carbons (Fsp3) is 0.214. The van der Waals surface area contributed by atoms with Crippen LogP contribution in [0.2, 0.25) is 0 Å². The summed E-state index contributed by atoms with van der Waals surface area (Å²) in [5.74, 6) is 0. The first kappa shape index (κ1) is 18.3. The van der Waals surface area contributed by atoms with Gasteiger partial charge in [0.05, 0.1) is 0 Å². The molecule has 0 aromatic heterocycles. The Kier molecular flexibility index (Phi) is 22.9. The Balaban J connectivity index is -0.000000168. The molecule has 0 saturated heterocycles. The molecule has 0 aliphatic carbocycles. The predicted octanol–water partition coefficient (Wildman–Crippen LogP) is 4.84. The zero-order chi connectivity index (χ0) is 12.0. The first-order valence-electron chi connectivity index (χ1n) is 4.31. The molecule has 0 rings (SSSR count). The summed E-state index contributed by atoms with van der Waals surface area (Å²) in [6, 6.07) is 0. The molecule has 0 nitrogen and oxygen atoms in total. The quantitative estimate of drug-likeness (QED) is 0.332. The van der Waals surface area contributed by atoms with Gasteiger partial charge in [-0.2, -0.15) is 0 Å². The van der Waals surface area contributed by atoms with Gasteiger partial charge in [-0.05, 0) is 20.8 Å². The van der Waals surface area contributed by atoms with Crippen LogP contribution in [0.1, 0.15) is 20.8 Å². The molecule has 0 aromatic rings. The third-order valence-corrected chi connectivity index (χ3v) is 0.652. The number of hydrogen-bond donors (Lipinski definition) is 0. The van der Waals surface area contributed by atoms with E-state index in [1.165, 1.54) is 0 Å². The second kappa shape index (κ2) is 17.5. The second-order valence-electron chi connectivity index (χ2n) is 2.68. The average molecular weight is 190 g/mol. The van der Waals surface area contributed by atoms with Crippen molar-refractivity contribution in [2.45, 2.75) is 20.8 Å². The van der Waals surface area contributed by atoms with Gasteiger partial charge >= 0.3 is 0 Å². The summed E-state index contributed by atoms with van der Waals surface area (Å²) in [5.41, 5.74) is 4.38. The maximum absolute atomic E-state index is 3.70. The van der Waals surface area contributed by atoms with Crippen molar-refractivity contribution in [3.05, 3.63) is 68.0 Å². The minimum Gasteiger partial charge on any atom is -0.137 e. The molecule has 0 amide bonds. The van der Waals surface area contributed by atoms with Gasteiger partial charge in [-0.3, -0.25) is 0 Å². The predicted molar refractivity (Wildman–Crippen MR) is 69.4 cm³/mol. The Morgan fingerprint density at radius 1 is 1.00 bits per heavy atom. The summed E-state index contributed by atoms with van der Waals surface area (Å²) in [5, 5.41) is 0. The van der Waals surface area contributed by atoms with E-state index in [1.807, 2.05) is 32.9 Å². The number of allylic oxidation sites excluding steroid dienone is 5. The normalized spacial score (nSPS) is 7.07. The lowest BCUT2D eigenvalue weighted by atomic mass is 10.2. The zero-order valence-electron chi connectivity index (χ0n) is 9.77. The van der Waals surface area contributed by atoms with Crippen molar-refractivity contribution < 1.29 is 0 Å². The second-order valence-corrected chi connectivity index (χ2v) is 2.68. The first-order valence-corrected chi connectivity index (χ1v) is 4.31. The van der Waals surface area contributed by atoms with E-state index in [1.54, 1.807) is 6.08 Å². The third-order valence-electron chi connectivity index (χ3n) is 0.652. The van der Waals surface area contributed by atoms with Crippen LogP contribution in [-0.2, 0) is 0 Å². The minimum atomic E-state index is 1.06. The van der Waals surface area contributed by atoms with Crippen LogP contribution in [0.5, 0.6) is 0 Å². The molecule has 0 aliphatic rings. The Hall–Kier alpha value is -1.52. The van der Waals surface area contributed by atoms with E-state index in [-0.39, 0.29) is 0 Å². The maximum atomic E-state index is 3.70. The summed E-state index contributed by atoms with van der Waals surface area (Å²) >= 11 is 0. The maximum Gasteiger partial charge on any atom is -0.0404 e. The fourth-order valence-electron chi connectivity index (χ4n) is 0.285. The third kappa shape index (κ3) is 77.8. The van der Waals surface area contributed by atoms with Crippen LogP contribution in [0.15, 0.2) is 68.0 Å². The molecule has 0 bridgehead atoms. The van der Waals surface area contributed by atoms with Gasteiger partial charge in [0.15, 0.2) is 0 Å². The van der Waals surface area contributed by atoms with E-state index in [0.717, 1.165) is 11.1 Å². The van der Waals surface area contributed by atoms with Crippen LogP contribution in [0.3, 0.4) is 0 Å². The van der Waals surface area contributed by atoms with Gasteiger partial charge in [0.2, 0.25) is 0 Å². The standard InChI is InChI=1S/C8H12.C3H6.C3H4/c1-7(2)5-6-8(3)4;2*1-3-2/h5-6H,1,3H2,2,4H3;3H,1H2,2H3;1-2H2/b6-5-;;. The van der Waals surface area contributed by atoms with E-state index in [2.05, 4.69) is 38.6 Å². The van der Waals surface area contributed by atoms with E-state index >= 15 is 0 Å². The molecule has 0 heteroatoms. The van der Waals surface area contributed by atoms with Crippen molar-refractivity contribution >= 4 is 0 Å². The topological polar surface area (TPSA) is 0 Å². The molecule has 0 saturated carbocycles. The van der Waals surface area contributed by atoms with Crippen molar-refractivity contribution in [1.29, 1.82) is 0 Å². The van der Waals surface area contributed by atoms with Gasteiger partial charge in [-0.25, -0.2) is 0 Å². The molecule has 0 radical (unpaired) electrons. The van der Waals surface area contributed by atoms with Crippen LogP contribution in [0.25, 0.3) is 0 Å². The van der Waals surface area contributed by atoms with Crippen LogP contribution in [0, 0.1) is 0 Å². The highest BCUT2D eigenvalue weighted by Crippen LogP contribution is 1.94. The Morgan fingerprint density at radius 2 is 1.14 bits per heavy atom. The molecule has 0 N–H and O–H groups in total. The van der Waals surface area contributed by atoms with Crippen LogP contribution < -0.4 is 0 Å². The van der Waals surface area contributed by atoms with E-state index in [4.69, 9.17) is 0 Å². The number of rotatable bonds is 2. The van der Waals surface area contributed by atoms with Crippen LogP contribution in [-0.4, -0.2) is 0 Å². The zero-order valence-corrected chi connectivity index (χ0v) is 9.77. The Labute approximate surface area is 89.4 Å². The molecule has 0 atom stereocenters. The molecular weight excluding hydrogens is 168 g/mol. The highest BCUT2D eigenvalue weighted by atomic mass is 13.8. The van der Waals surface area contributed by atoms with Gasteiger partial charge < -0.3 is 0 Å². The summed E-state index contributed by atoms with van der Waals surface area (Å²) in [4.78, 5) is 0. The molecular formula is C14H22. The molecule has 0 spiro atoms. The molecule has 0 aliphatic heterocycles. The lowest BCUT2D eigenvalue weighted by molar-refractivity contribution is 1.50. The molecule has 14 heavy (non-hydrogen) atoms. The minimum absolute atomic E-state index is 1.06. The molecule has 78 valence electrons. The Morgan fingerprint density at radius 3 is 1.21 bits per heavy atom. The lowest BCUT2D eigenvalue weighted by Crippen LogP contribution is -1.62. The SMILES string of the molecule is C=C(C)/C=C\C(=C)C.C=C=C.C=CC. The fourth-order valence-corrected chi connectivity index (χ4v) is 0.285. The summed E-state index contributed by atoms with van der Waals surface area (Å²) in [7, 11) is 0. The van der Waals surface area contributed by atoms with Gasteiger partial charge in [0.1, 0.15) is 0 Å². The largest absolute Gasteiger partial charge is 0.137 e. The van der Waals surface area contributed by atoms with E-state index in [0.29, 0.717) is 0 Å². The monoisotopic (exact) mass is 190 g/mol. The van der Waals surface area contributed by atoms with Gasteiger partial charge in [-0.15, -0.1) is 12.3 Å². The summed E-state index contributed by atoms with van der Waals surface area (Å²) in [6.45, 7) is 22.8. The van der Waals surface area contributed by atoms with Gasteiger partial charge in [0.25, 0.3) is 0 Å². The first-order chi connectivity index (χ1) is 6.45. The van der Waals surface area contributed by atoms with Crippen LogP contribution >= 0.6 is 0 Å². The molecule has 0 aromatic carbocycles. The highest BCUT2D eigenvalue weighted by molar-refractivity contribution is 5.20. The van der Waals surface area contributed by atoms with Gasteiger partial charge in [0, 0.05) is 0 Å². The summed E-state index contributed by atoms with van der Waals surface area (Å²) in [6.07, 6.45) is 5.64. The average Bonchev–Trinajstić information content (AvgIpc) is 2.04. The van der Waals surface area contributed by atoms with E-state index < -0.39 is 0 Å². The van der Waals surface area contributed by atoms with Crippen molar-refractivity contribution in [3.8, 4) is 0 Å². The number of hydrogen-bond acceptors (Lipinski definition) is 0. The molecule has 0 unspecified atom stereocenters. The lowest BCUT2D eigenvalue weighted by Gasteiger charge is -1.84. The van der Waals surface area contributed by atoms with Crippen molar-refractivity contribution in [1.82, 2.24) is 0 Å². The van der Waals surface area contributed by atoms with E-state index in [9.17, 15) is 0 Å². The van der Waals surface area contributed by atoms with Crippen molar-refractivity contribution in [2.24, 2.45) is 0 Å². The van der Waals surface area contributed by atoms with Gasteiger partial charge in [-0.1, -0.05) is 55.7 Å². The smallest absolute Gasteiger partial charge is 0.0404 e. The highest BCUT2D eigenvalue weighted by Gasteiger charge is 1.72. The molecule has 0 fully saturated rings. The molecule has 0 heterocycles. The Bertz CT molecular complexity index is 204.